The van der Waals surface area contributed by atoms with E-state index in [9.17, 15) is 4.79 Å². The molecule has 2 heterocycles. The van der Waals surface area contributed by atoms with Crippen molar-refractivity contribution in [1.29, 1.82) is 0 Å². The van der Waals surface area contributed by atoms with E-state index < -0.39 is 5.54 Å². The van der Waals surface area contributed by atoms with Crippen molar-refractivity contribution in [3.05, 3.63) is 18.5 Å². The van der Waals surface area contributed by atoms with Gasteiger partial charge in [-0.2, -0.15) is 5.10 Å². The summed E-state index contributed by atoms with van der Waals surface area (Å²) in [5.41, 5.74) is -0.492. The molecule has 5 heteroatoms. The Morgan fingerprint density at radius 1 is 1.42 bits per heavy atom. The monoisotopic (exact) mass is 262 g/mol. The Hall–Kier alpha value is -1.36. The minimum absolute atomic E-state index is 0.148. The molecule has 1 saturated carbocycles. The van der Waals surface area contributed by atoms with Gasteiger partial charge in [0.2, 0.25) is 5.91 Å². The smallest absolute Gasteiger partial charge is 0.248 e. The lowest BCUT2D eigenvalue weighted by Crippen LogP contribution is -2.58. The van der Waals surface area contributed by atoms with E-state index in [2.05, 4.69) is 22.7 Å². The molecule has 0 bridgehead atoms. The fraction of sp³-hybridized carbons (Fsp3) is 0.714. The van der Waals surface area contributed by atoms with Crippen LogP contribution in [0.3, 0.4) is 0 Å². The van der Waals surface area contributed by atoms with Crippen molar-refractivity contribution in [2.45, 2.75) is 44.2 Å². The maximum atomic E-state index is 12.7. The molecular weight excluding hydrogens is 240 g/mol. The fourth-order valence-electron chi connectivity index (χ4n) is 3.26. The van der Waals surface area contributed by atoms with Crippen molar-refractivity contribution in [2.24, 2.45) is 5.92 Å². The molecule has 0 unspecified atom stereocenters. The van der Waals surface area contributed by atoms with Gasteiger partial charge in [-0.05, 0) is 50.8 Å². The third-order valence-electron chi connectivity index (χ3n) is 4.51. The Bertz CT molecular complexity index is 430. The van der Waals surface area contributed by atoms with E-state index in [0.29, 0.717) is 6.04 Å². The average Bonchev–Trinajstić information content (AvgIpc) is 2.92. The molecule has 5 nitrogen and oxygen atoms in total. The van der Waals surface area contributed by atoms with Crippen molar-refractivity contribution in [3.8, 4) is 0 Å². The lowest BCUT2D eigenvalue weighted by Gasteiger charge is -2.40. The molecule has 2 N–H and O–H groups in total. The van der Waals surface area contributed by atoms with Crippen molar-refractivity contribution >= 4 is 5.91 Å². The molecule has 1 aromatic heterocycles. The van der Waals surface area contributed by atoms with Gasteiger partial charge in [0.05, 0.1) is 0 Å². The number of aromatic nitrogens is 2. The van der Waals surface area contributed by atoms with Crippen LogP contribution < -0.4 is 10.6 Å². The van der Waals surface area contributed by atoms with E-state index in [1.807, 2.05) is 16.9 Å². The molecule has 104 valence electrons. The maximum absolute atomic E-state index is 12.7. The normalized spacial score (nSPS) is 29.5. The highest BCUT2D eigenvalue weighted by Gasteiger charge is 2.43. The summed E-state index contributed by atoms with van der Waals surface area (Å²) >= 11 is 0. The van der Waals surface area contributed by atoms with E-state index in [-0.39, 0.29) is 5.91 Å². The average molecular weight is 262 g/mol. The number of hydrogen-bond acceptors (Lipinski definition) is 3. The lowest BCUT2D eigenvalue weighted by atomic mass is 9.80. The van der Waals surface area contributed by atoms with Crippen LogP contribution in [-0.4, -0.2) is 34.8 Å². The summed E-state index contributed by atoms with van der Waals surface area (Å²) in [5, 5.41) is 10.9. The minimum Gasteiger partial charge on any atom is -0.351 e. The summed E-state index contributed by atoms with van der Waals surface area (Å²) in [5.74, 6) is 0.897. The van der Waals surface area contributed by atoms with E-state index in [0.717, 1.165) is 44.7 Å². The largest absolute Gasteiger partial charge is 0.351 e. The van der Waals surface area contributed by atoms with Crippen molar-refractivity contribution < 1.29 is 4.79 Å². The highest BCUT2D eigenvalue weighted by atomic mass is 16.2. The molecule has 0 radical (unpaired) electrons. The molecule has 1 amide bonds. The molecule has 2 aliphatic rings. The molecule has 1 saturated heterocycles. The number of carbonyl (C=O) groups is 1. The van der Waals surface area contributed by atoms with Crippen LogP contribution >= 0.6 is 0 Å². The molecule has 3 rings (SSSR count). The van der Waals surface area contributed by atoms with Crippen LogP contribution in [0, 0.1) is 5.92 Å². The van der Waals surface area contributed by atoms with Crippen LogP contribution in [-0.2, 0) is 10.3 Å². The zero-order valence-corrected chi connectivity index (χ0v) is 11.4. The van der Waals surface area contributed by atoms with E-state index in [1.165, 1.54) is 0 Å². The first kappa shape index (κ1) is 12.7. The van der Waals surface area contributed by atoms with Crippen LogP contribution in [0.25, 0.3) is 0 Å². The number of nitrogens with zero attached hydrogens (tertiary/aromatic N) is 2. The zero-order valence-electron chi connectivity index (χ0n) is 11.4. The number of carbonyl (C=O) groups excluding carboxylic acids is 1. The van der Waals surface area contributed by atoms with E-state index in [4.69, 9.17) is 0 Å². The zero-order chi connectivity index (χ0) is 13.3. The third kappa shape index (κ3) is 2.27. The van der Waals surface area contributed by atoms with E-state index in [1.54, 1.807) is 6.20 Å². The summed E-state index contributed by atoms with van der Waals surface area (Å²) in [6, 6.07) is 2.26. The van der Waals surface area contributed by atoms with Crippen molar-refractivity contribution in [2.75, 3.05) is 13.1 Å². The van der Waals surface area contributed by atoms with Crippen LogP contribution in [0.5, 0.6) is 0 Å². The van der Waals surface area contributed by atoms with Gasteiger partial charge in [0.15, 0.2) is 0 Å². The number of amides is 1. The second kappa shape index (κ2) is 4.96. The summed E-state index contributed by atoms with van der Waals surface area (Å²) in [6.45, 7) is 3.97. The van der Waals surface area contributed by atoms with Crippen molar-refractivity contribution in [1.82, 2.24) is 20.4 Å². The molecular formula is C14H22N4O. The Kier molecular flexibility index (Phi) is 3.31. The summed E-state index contributed by atoms with van der Waals surface area (Å²) in [7, 11) is 0. The molecule has 0 spiro atoms. The number of piperidine rings is 1. The van der Waals surface area contributed by atoms with Gasteiger partial charge >= 0.3 is 0 Å². The first-order valence-corrected chi connectivity index (χ1v) is 7.22. The number of rotatable bonds is 3. The number of hydrogen-bond donors (Lipinski definition) is 2. The Morgan fingerprint density at radius 3 is 2.74 bits per heavy atom. The molecule has 19 heavy (non-hydrogen) atoms. The standard InChI is InChI=1S/C14H22N4O/c1-11-9-12(10-11)17-13(19)14(3-6-15-7-4-14)18-8-2-5-16-18/h2,5,8,11-12,15H,3-4,6-7,9-10H2,1H3,(H,17,19). The predicted molar refractivity (Wildman–Crippen MR) is 72.6 cm³/mol. The number of nitrogens with one attached hydrogen (secondary N) is 2. The Labute approximate surface area is 113 Å². The second-order valence-corrected chi connectivity index (χ2v) is 5.98. The molecule has 2 fully saturated rings. The highest BCUT2D eigenvalue weighted by Crippen LogP contribution is 2.31. The lowest BCUT2D eigenvalue weighted by molar-refractivity contribution is -0.133. The second-order valence-electron chi connectivity index (χ2n) is 5.98. The van der Waals surface area contributed by atoms with Crippen LogP contribution in [0.1, 0.15) is 32.6 Å². The van der Waals surface area contributed by atoms with E-state index >= 15 is 0 Å². The molecule has 1 aromatic rings. The first-order valence-electron chi connectivity index (χ1n) is 7.22. The first-order chi connectivity index (χ1) is 9.21. The van der Waals surface area contributed by atoms with Gasteiger partial charge in [-0.1, -0.05) is 6.92 Å². The molecule has 0 atom stereocenters. The minimum atomic E-state index is -0.492. The quantitative estimate of drug-likeness (QED) is 0.850. The molecule has 0 aromatic carbocycles. The van der Waals surface area contributed by atoms with Gasteiger partial charge in [0.1, 0.15) is 5.54 Å². The topological polar surface area (TPSA) is 59.0 Å². The van der Waals surface area contributed by atoms with Crippen LogP contribution in [0.4, 0.5) is 0 Å². The van der Waals surface area contributed by atoms with Gasteiger partial charge in [-0.15, -0.1) is 0 Å². The SMILES string of the molecule is CC1CC(NC(=O)C2(n3cccn3)CCNCC2)C1. The summed E-state index contributed by atoms with van der Waals surface area (Å²) in [6.07, 6.45) is 7.50. The fourth-order valence-corrected chi connectivity index (χ4v) is 3.26. The van der Waals surface area contributed by atoms with Gasteiger partial charge in [-0.25, -0.2) is 0 Å². The molecule has 1 aliphatic carbocycles. The van der Waals surface area contributed by atoms with Gasteiger partial charge in [0.25, 0.3) is 0 Å². The summed E-state index contributed by atoms with van der Waals surface area (Å²) in [4.78, 5) is 12.7. The maximum Gasteiger partial charge on any atom is 0.248 e. The molecule has 1 aliphatic heterocycles. The Balaban J connectivity index is 1.77. The van der Waals surface area contributed by atoms with Gasteiger partial charge in [0, 0.05) is 18.4 Å². The predicted octanol–water partition coefficient (Wildman–Crippen LogP) is 0.876. The van der Waals surface area contributed by atoms with Crippen LogP contribution in [0.2, 0.25) is 0 Å². The summed E-state index contributed by atoms with van der Waals surface area (Å²) < 4.78 is 1.85. The van der Waals surface area contributed by atoms with Crippen LogP contribution in [0.15, 0.2) is 18.5 Å². The van der Waals surface area contributed by atoms with Gasteiger partial charge < -0.3 is 10.6 Å². The Morgan fingerprint density at radius 2 is 2.16 bits per heavy atom. The highest BCUT2D eigenvalue weighted by molar-refractivity contribution is 5.85. The van der Waals surface area contributed by atoms with Gasteiger partial charge in [-0.3, -0.25) is 9.48 Å². The van der Waals surface area contributed by atoms with Crippen molar-refractivity contribution in [3.63, 3.8) is 0 Å². The third-order valence-corrected chi connectivity index (χ3v) is 4.51.